The zero-order chi connectivity index (χ0) is 26.3. The minimum absolute atomic E-state index is 0.313. The molecule has 1 nitrogen and oxygen atoms in total. The van der Waals surface area contributed by atoms with Crippen molar-refractivity contribution in [2.75, 3.05) is 0 Å². The number of rotatable bonds is 3. The van der Waals surface area contributed by atoms with Crippen LogP contribution >= 0.6 is 0 Å². The van der Waals surface area contributed by atoms with Crippen molar-refractivity contribution in [3.05, 3.63) is 145 Å². The van der Waals surface area contributed by atoms with Crippen molar-refractivity contribution in [1.82, 2.24) is 0 Å². The molecule has 0 spiro atoms. The lowest BCUT2D eigenvalue weighted by Gasteiger charge is -2.18. The first-order chi connectivity index (χ1) is 19.2. The first-order valence-corrected chi connectivity index (χ1v) is 12.9. The van der Waals surface area contributed by atoms with Gasteiger partial charge in [0.25, 0.3) is 0 Å². The normalized spacial score (nSPS) is 11.2. The lowest BCUT2D eigenvalue weighted by atomic mass is 9.85. The van der Waals surface area contributed by atoms with Crippen LogP contribution in [0.25, 0.3) is 65.7 Å². The summed E-state index contributed by atoms with van der Waals surface area (Å²) in [7, 11) is 0. The molecule has 0 saturated carbocycles. The second kappa shape index (κ2) is 9.24. The number of fused-ring (bicyclic) bond motifs is 3. The van der Waals surface area contributed by atoms with Crippen molar-refractivity contribution < 1.29 is 4.39 Å². The van der Waals surface area contributed by atoms with Crippen LogP contribution in [0.15, 0.2) is 133 Å². The molecule has 0 bridgehead atoms. The van der Waals surface area contributed by atoms with Gasteiger partial charge in [-0.05, 0) is 72.8 Å². The molecule has 0 heterocycles. The molecule has 0 aliphatic heterocycles. The molecule has 0 aromatic heterocycles. The van der Waals surface area contributed by atoms with Gasteiger partial charge in [-0.3, -0.25) is 0 Å². The Morgan fingerprint density at radius 2 is 1.00 bits per heavy atom. The summed E-state index contributed by atoms with van der Waals surface area (Å²) in [5, 5.41) is 15.8. The van der Waals surface area contributed by atoms with Crippen LogP contribution < -0.4 is 0 Å². The van der Waals surface area contributed by atoms with E-state index in [1.54, 1.807) is 12.1 Å². The molecule has 7 aromatic carbocycles. The van der Waals surface area contributed by atoms with Crippen LogP contribution in [0.4, 0.5) is 4.39 Å². The number of halogens is 1. The van der Waals surface area contributed by atoms with E-state index in [1.165, 1.54) is 22.4 Å². The largest absolute Gasteiger partial charge is 0.206 e. The number of nitriles is 1. The van der Waals surface area contributed by atoms with Gasteiger partial charge in [0.2, 0.25) is 0 Å². The fourth-order valence-corrected chi connectivity index (χ4v) is 5.72. The van der Waals surface area contributed by atoms with Crippen LogP contribution in [0.5, 0.6) is 0 Å². The van der Waals surface area contributed by atoms with E-state index in [-0.39, 0.29) is 0 Å². The van der Waals surface area contributed by atoms with Crippen LogP contribution in [0.3, 0.4) is 0 Å². The number of hydrogen-bond acceptors (Lipinski definition) is 1. The van der Waals surface area contributed by atoms with Gasteiger partial charge < -0.3 is 0 Å². The van der Waals surface area contributed by atoms with Crippen LogP contribution in [-0.2, 0) is 0 Å². The molecule has 0 atom stereocenters. The highest BCUT2D eigenvalue weighted by molar-refractivity contribution is 6.21. The minimum atomic E-state index is -0.392. The predicted octanol–water partition coefficient (Wildman–Crippen LogP) is 10.2. The van der Waals surface area contributed by atoms with E-state index in [0.29, 0.717) is 11.1 Å². The Morgan fingerprint density at radius 3 is 1.62 bits per heavy atom. The molecule has 0 aliphatic rings. The smallest absolute Gasteiger partial charge is 0.132 e. The maximum Gasteiger partial charge on any atom is 0.132 e. The maximum absolute atomic E-state index is 15.4. The second-order valence-electron chi connectivity index (χ2n) is 9.79. The van der Waals surface area contributed by atoms with Gasteiger partial charge in [-0.1, -0.05) is 115 Å². The highest BCUT2D eigenvalue weighted by Gasteiger charge is 2.18. The Labute approximate surface area is 226 Å². The third-order valence-electron chi connectivity index (χ3n) is 7.56. The molecule has 0 radical (unpaired) electrons. The molecule has 0 unspecified atom stereocenters. The van der Waals surface area contributed by atoms with E-state index in [1.807, 2.05) is 30.3 Å². The van der Waals surface area contributed by atoms with Crippen LogP contribution in [-0.4, -0.2) is 0 Å². The van der Waals surface area contributed by atoms with Crippen molar-refractivity contribution in [3.63, 3.8) is 0 Å². The SMILES string of the molecule is N#Cc1ccc(-c2c3ccccc3c(-c3ccc(-c4ccc5ccccc5c4)cc3)c3ccccc23)c(F)c1. The fourth-order valence-electron chi connectivity index (χ4n) is 5.72. The lowest BCUT2D eigenvalue weighted by molar-refractivity contribution is 0.631. The highest BCUT2D eigenvalue weighted by Crippen LogP contribution is 2.44. The fraction of sp³-hybridized carbons (Fsp3) is 0. The van der Waals surface area contributed by atoms with E-state index in [2.05, 4.69) is 91.0 Å². The van der Waals surface area contributed by atoms with E-state index in [0.717, 1.165) is 43.8 Å². The monoisotopic (exact) mass is 499 g/mol. The van der Waals surface area contributed by atoms with Gasteiger partial charge in [-0.2, -0.15) is 5.26 Å². The van der Waals surface area contributed by atoms with E-state index in [4.69, 9.17) is 0 Å². The summed E-state index contributed by atoms with van der Waals surface area (Å²) in [5.41, 5.74) is 6.24. The van der Waals surface area contributed by atoms with Crippen molar-refractivity contribution in [2.24, 2.45) is 0 Å². The molecule has 0 saturated heterocycles. The summed E-state index contributed by atoms with van der Waals surface area (Å²) in [5.74, 6) is -0.392. The van der Waals surface area contributed by atoms with Crippen LogP contribution in [0.2, 0.25) is 0 Å². The number of benzene rings is 7. The molecule has 7 aromatic rings. The quantitative estimate of drug-likeness (QED) is 0.222. The number of hydrogen-bond donors (Lipinski definition) is 0. The van der Waals surface area contributed by atoms with E-state index in [9.17, 15) is 5.26 Å². The van der Waals surface area contributed by atoms with Gasteiger partial charge >= 0.3 is 0 Å². The average Bonchev–Trinajstić information content (AvgIpc) is 3.00. The van der Waals surface area contributed by atoms with Gasteiger partial charge in [0, 0.05) is 11.1 Å². The molecule has 7 rings (SSSR count). The summed E-state index contributed by atoms with van der Waals surface area (Å²) in [6.07, 6.45) is 0. The van der Waals surface area contributed by atoms with Crippen molar-refractivity contribution >= 4 is 32.3 Å². The molecule has 0 aliphatic carbocycles. The first kappa shape index (κ1) is 22.9. The molecule has 39 heavy (non-hydrogen) atoms. The minimum Gasteiger partial charge on any atom is -0.206 e. The Morgan fingerprint density at radius 1 is 0.462 bits per heavy atom. The Balaban J connectivity index is 1.44. The van der Waals surface area contributed by atoms with Crippen molar-refractivity contribution in [3.8, 4) is 39.4 Å². The third kappa shape index (κ3) is 3.84. The highest BCUT2D eigenvalue weighted by atomic mass is 19.1. The molecule has 182 valence electrons. The van der Waals surface area contributed by atoms with Gasteiger partial charge in [0.05, 0.1) is 11.6 Å². The summed E-state index contributed by atoms with van der Waals surface area (Å²) in [6.45, 7) is 0. The molecular formula is C37H22FN. The Hall–Kier alpha value is -5.26. The molecule has 0 fully saturated rings. The summed E-state index contributed by atoms with van der Waals surface area (Å²) >= 11 is 0. The maximum atomic E-state index is 15.4. The van der Waals surface area contributed by atoms with Gasteiger partial charge in [-0.15, -0.1) is 0 Å². The van der Waals surface area contributed by atoms with Crippen LogP contribution in [0, 0.1) is 17.1 Å². The standard InChI is InChI=1S/C37H22FN/c38-35-21-24(23-39)13-20-34(35)37-32-11-5-3-9-30(32)36(31-10-4-6-12-33(31)37)27-17-14-26(15-18-27)29-19-16-25-7-1-2-8-28(25)22-29/h1-22H. The lowest BCUT2D eigenvalue weighted by Crippen LogP contribution is -1.93. The zero-order valence-electron chi connectivity index (χ0n) is 21.0. The topological polar surface area (TPSA) is 23.8 Å². The number of nitrogens with zero attached hydrogens (tertiary/aromatic N) is 1. The summed E-state index contributed by atoms with van der Waals surface area (Å²) in [6, 6.07) is 46.8. The second-order valence-corrected chi connectivity index (χ2v) is 9.79. The van der Waals surface area contributed by atoms with E-state index < -0.39 is 5.82 Å². The average molecular weight is 500 g/mol. The Kier molecular flexibility index (Phi) is 5.43. The van der Waals surface area contributed by atoms with Gasteiger partial charge in [-0.25, -0.2) is 4.39 Å². The van der Waals surface area contributed by atoms with Crippen molar-refractivity contribution in [1.29, 1.82) is 5.26 Å². The van der Waals surface area contributed by atoms with E-state index >= 15 is 4.39 Å². The summed E-state index contributed by atoms with van der Waals surface area (Å²) in [4.78, 5) is 0. The van der Waals surface area contributed by atoms with Gasteiger partial charge in [0.1, 0.15) is 5.82 Å². The Bertz CT molecular complexity index is 2020. The molecule has 0 N–H and O–H groups in total. The first-order valence-electron chi connectivity index (χ1n) is 12.9. The zero-order valence-corrected chi connectivity index (χ0v) is 21.0. The van der Waals surface area contributed by atoms with Crippen molar-refractivity contribution in [2.45, 2.75) is 0 Å². The van der Waals surface area contributed by atoms with Gasteiger partial charge in [0.15, 0.2) is 0 Å². The summed E-state index contributed by atoms with van der Waals surface area (Å²) < 4.78 is 15.4. The molecular weight excluding hydrogens is 477 g/mol. The third-order valence-corrected chi connectivity index (χ3v) is 7.56. The molecule has 2 heteroatoms. The predicted molar refractivity (Wildman–Crippen MR) is 160 cm³/mol. The van der Waals surface area contributed by atoms with Crippen LogP contribution in [0.1, 0.15) is 5.56 Å². The molecule has 0 amide bonds.